The number of rotatable bonds is 1. The van der Waals surface area contributed by atoms with Crippen molar-refractivity contribution < 1.29 is 4.79 Å². The molecular formula is C9H11NO. The van der Waals surface area contributed by atoms with Crippen molar-refractivity contribution in [1.82, 2.24) is 4.57 Å². The lowest BCUT2D eigenvalue weighted by Crippen LogP contribution is -1.94. The van der Waals surface area contributed by atoms with Crippen molar-refractivity contribution in [2.24, 2.45) is 5.92 Å². The Morgan fingerprint density at radius 3 is 3.27 bits per heavy atom. The van der Waals surface area contributed by atoms with E-state index < -0.39 is 0 Å². The van der Waals surface area contributed by atoms with Crippen LogP contribution in [-0.2, 0) is 13.0 Å². The van der Waals surface area contributed by atoms with Crippen molar-refractivity contribution in [2.45, 2.75) is 19.9 Å². The molecule has 0 bridgehead atoms. The van der Waals surface area contributed by atoms with Crippen LogP contribution in [0.2, 0.25) is 0 Å². The molecule has 0 N–H and O–H groups in total. The molecule has 2 heterocycles. The van der Waals surface area contributed by atoms with Crippen molar-refractivity contribution >= 4 is 6.29 Å². The highest BCUT2D eigenvalue weighted by molar-refractivity contribution is 5.76. The number of nitrogens with zero attached hydrogens (tertiary/aromatic N) is 1. The van der Waals surface area contributed by atoms with Gasteiger partial charge in [0.1, 0.15) is 0 Å². The van der Waals surface area contributed by atoms with Crippen LogP contribution in [0.5, 0.6) is 0 Å². The largest absolute Gasteiger partial charge is 0.350 e. The smallest absolute Gasteiger partial charge is 0.151 e. The molecule has 0 aliphatic carbocycles. The predicted octanol–water partition coefficient (Wildman–Crippen LogP) is 1.49. The van der Waals surface area contributed by atoms with E-state index in [1.807, 2.05) is 12.3 Å². The van der Waals surface area contributed by atoms with E-state index in [0.29, 0.717) is 5.92 Å². The molecule has 11 heavy (non-hydrogen) atoms. The van der Waals surface area contributed by atoms with Crippen LogP contribution in [0.15, 0.2) is 12.3 Å². The van der Waals surface area contributed by atoms with Crippen molar-refractivity contribution in [3.8, 4) is 0 Å². The molecule has 0 fully saturated rings. The first-order valence-electron chi connectivity index (χ1n) is 3.94. The Morgan fingerprint density at radius 2 is 2.55 bits per heavy atom. The number of aldehydes is 1. The van der Waals surface area contributed by atoms with Crippen molar-refractivity contribution in [3.63, 3.8) is 0 Å². The number of fused-ring (bicyclic) bond motifs is 1. The molecular weight excluding hydrogens is 138 g/mol. The Labute approximate surface area is 65.8 Å². The quantitative estimate of drug-likeness (QED) is 0.554. The van der Waals surface area contributed by atoms with Crippen LogP contribution in [0.1, 0.15) is 23.0 Å². The maximum Gasteiger partial charge on any atom is 0.151 e. The van der Waals surface area contributed by atoms with Gasteiger partial charge in [-0.25, -0.2) is 0 Å². The molecule has 0 saturated carbocycles. The van der Waals surface area contributed by atoms with E-state index in [2.05, 4.69) is 11.5 Å². The standard InChI is InChI=1S/C9H11NO/c1-7-4-9-8(6-11)2-3-10(9)5-7/h2-3,6-7H,4-5H2,1H3. The van der Waals surface area contributed by atoms with Gasteiger partial charge >= 0.3 is 0 Å². The van der Waals surface area contributed by atoms with Gasteiger partial charge in [-0.3, -0.25) is 4.79 Å². The average molecular weight is 149 g/mol. The van der Waals surface area contributed by atoms with Crippen LogP contribution < -0.4 is 0 Å². The van der Waals surface area contributed by atoms with Gasteiger partial charge < -0.3 is 4.57 Å². The van der Waals surface area contributed by atoms with Crippen molar-refractivity contribution in [3.05, 3.63) is 23.5 Å². The summed E-state index contributed by atoms with van der Waals surface area (Å²) in [6.45, 7) is 3.28. The van der Waals surface area contributed by atoms with E-state index in [-0.39, 0.29) is 0 Å². The number of hydrogen-bond donors (Lipinski definition) is 0. The first-order chi connectivity index (χ1) is 5.31. The molecule has 2 rings (SSSR count). The van der Waals surface area contributed by atoms with E-state index in [1.165, 1.54) is 5.69 Å². The normalized spacial score (nSPS) is 21.7. The lowest BCUT2D eigenvalue weighted by Gasteiger charge is -1.95. The molecule has 0 radical (unpaired) electrons. The van der Waals surface area contributed by atoms with Gasteiger partial charge in [-0.1, -0.05) is 6.92 Å². The van der Waals surface area contributed by atoms with Crippen LogP contribution >= 0.6 is 0 Å². The number of carbonyl (C=O) groups excluding carboxylic acids is 1. The summed E-state index contributed by atoms with van der Waals surface area (Å²) in [7, 11) is 0. The molecule has 58 valence electrons. The second-order valence-electron chi connectivity index (χ2n) is 3.30. The molecule has 1 aromatic rings. The molecule has 1 aliphatic heterocycles. The van der Waals surface area contributed by atoms with Crippen LogP contribution in [0.25, 0.3) is 0 Å². The highest BCUT2D eigenvalue weighted by Crippen LogP contribution is 2.22. The van der Waals surface area contributed by atoms with Crippen LogP contribution in [0.4, 0.5) is 0 Å². The van der Waals surface area contributed by atoms with Crippen molar-refractivity contribution in [1.29, 1.82) is 0 Å². The first kappa shape index (κ1) is 6.65. The van der Waals surface area contributed by atoms with E-state index in [0.717, 1.165) is 24.8 Å². The summed E-state index contributed by atoms with van der Waals surface area (Å²) < 4.78 is 2.17. The van der Waals surface area contributed by atoms with Gasteiger partial charge in [-0.2, -0.15) is 0 Å². The number of aromatic nitrogens is 1. The molecule has 2 nitrogen and oxygen atoms in total. The molecule has 0 aromatic carbocycles. The molecule has 0 amide bonds. The zero-order valence-electron chi connectivity index (χ0n) is 6.58. The summed E-state index contributed by atoms with van der Waals surface area (Å²) in [6, 6.07) is 1.90. The van der Waals surface area contributed by atoms with Gasteiger partial charge in [0.2, 0.25) is 0 Å². The third-order valence-electron chi connectivity index (χ3n) is 2.29. The summed E-state index contributed by atoms with van der Waals surface area (Å²) in [4.78, 5) is 10.5. The van der Waals surface area contributed by atoms with Gasteiger partial charge in [0.15, 0.2) is 6.29 Å². The Morgan fingerprint density at radius 1 is 1.73 bits per heavy atom. The molecule has 0 spiro atoms. The van der Waals surface area contributed by atoms with Gasteiger partial charge in [-0.05, 0) is 18.4 Å². The minimum Gasteiger partial charge on any atom is -0.350 e. The lowest BCUT2D eigenvalue weighted by molar-refractivity contribution is 0.112. The summed E-state index contributed by atoms with van der Waals surface area (Å²) in [5.74, 6) is 0.699. The number of hydrogen-bond acceptors (Lipinski definition) is 1. The third-order valence-corrected chi connectivity index (χ3v) is 2.29. The molecule has 1 aromatic heterocycles. The maximum absolute atomic E-state index is 10.5. The third kappa shape index (κ3) is 0.897. The van der Waals surface area contributed by atoms with Gasteiger partial charge in [0, 0.05) is 24.0 Å². The first-order valence-corrected chi connectivity index (χ1v) is 3.94. The zero-order valence-corrected chi connectivity index (χ0v) is 6.58. The lowest BCUT2D eigenvalue weighted by atomic mass is 10.1. The highest BCUT2D eigenvalue weighted by atomic mass is 16.1. The molecule has 1 unspecified atom stereocenters. The summed E-state index contributed by atoms with van der Waals surface area (Å²) in [6.07, 6.45) is 4.01. The maximum atomic E-state index is 10.5. The second-order valence-corrected chi connectivity index (χ2v) is 3.30. The van der Waals surface area contributed by atoms with Gasteiger partial charge in [0.05, 0.1) is 0 Å². The van der Waals surface area contributed by atoms with E-state index in [9.17, 15) is 4.79 Å². The predicted molar refractivity (Wildman–Crippen MR) is 42.7 cm³/mol. The highest BCUT2D eigenvalue weighted by Gasteiger charge is 2.19. The van der Waals surface area contributed by atoms with E-state index in [4.69, 9.17) is 0 Å². The molecule has 2 heteroatoms. The van der Waals surface area contributed by atoms with E-state index in [1.54, 1.807) is 0 Å². The Hall–Kier alpha value is -1.05. The molecule has 0 saturated heterocycles. The fourth-order valence-electron chi connectivity index (χ4n) is 1.77. The van der Waals surface area contributed by atoms with Crippen LogP contribution in [0.3, 0.4) is 0 Å². The Kier molecular flexibility index (Phi) is 1.34. The fourth-order valence-corrected chi connectivity index (χ4v) is 1.77. The Bertz CT molecular complexity index is 288. The minimum atomic E-state index is 0.699. The fraction of sp³-hybridized carbons (Fsp3) is 0.444. The van der Waals surface area contributed by atoms with Crippen LogP contribution in [-0.4, -0.2) is 10.9 Å². The van der Waals surface area contributed by atoms with Gasteiger partial charge in [0.25, 0.3) is 0 Å². The average Bonchev–Trinajstić information content (AvgIpc) is 2.45. The minimum absolute atomic E-state index is 0.699. The number of carbonyl (C=O) groups is 1. The second kappa shape index (κ2) is 2.22. The summed E-state index contributed by atoms with van der Waals surface area (Å²) >= 11 is 0. The summed E-state index contributed by atoms with van der Waals surface area (Å²) in [5.41, 5.74) is 2.09. The topological polar surface area (TPSA) is 22.0 Å². The van der Waals surface area contributed by atoms with Crippen molar-refractivity contribution in [2.75, 3.05) is 0 Å². The van der Waals surface area contributed by atoms with Gasteiger partial charge in [-0.15, -0.1) is 0 Å². The van der Waals surface area contributed by atoms with E-state index >= 15 is 0 Å². The molecule has 1 aliphatic rings. The molecule has 1 atom stereocenters. The van der Waals surface area contributed by atoms with Crippen LogP contribution in [0, 0.1) is 5.92 Å². The zero-order chi connectivity index (χ0) is 7.84. The Balaban J connectivity index is 2.44. The monoisotopic (exact) mass is 149 g/mol. The summed E-state index contributed by atoms with van der Waals surface area (Å²) in [5, 5.41) is 0. The SMILES string of the molecule is CC1Cc2c(C=O)ccn2C1.